The van der Waals surface area contributed by atoms with E-state index in [1.807, 2.05) is 4.90 Å². The second-order valence-electron chi connectivity index (χ2n) is 4.21. The molecule has 1 aliphatic heterocycles. The summed E-state index contributed by atoms with van der Waals surface area (Å²) in [6.45, 7) is 1.60. The third-order valence-corrected chi connectivity index (χ3v) is 3.07. The van der Waals surface area contributed by atoms with E-state index < -0.39 is 12.0 Å². The molecule has 6 nitrogen and oxygen atoms in total. The first-order valence-corrected chi connectivity index (χ1v) is 5.54. The maximum Gasteiger partial charge on any atom is 0.320 e. The Morgan fingerprint density at radius 1 is 1.62 bits per heavy atom. The van der Waals surface area contributed by atoms with Crippen LogP contribution in [0.5, 0.6) is 0 Å². The van der Waals surface area contributed by atoms with Gasteiger partial charge in [-0.15, -0.1) is 0 Å². The number of rotatable bonds is 3. The number of nitrogens with zero attached hydrogens (tertiary/aromatic N) is 1. The number of aliphatic carboxylic acids is 1. The van der Waals surface area contributed by atoms with Crippen LogP contribution in [0.2, 0.25) is 0 Å². The molecule has 0 radical (unpaired) electrons. The molecule has 0 aromatic rings. The van der Waals surface area contributed by atoms with Crippen LogP contribution in [0.15, 0.2) is 0 Å². The maximum absolute atomic E-state index is 10.6. The van der Waals surface area contributed by atoms with Gasteiger partial charge in [0.1, 0.15) is 6.04 Å². The first-order chi connectivity index (χ1) is 7.54. The van der Waals surface area contributed by atoms with Crippen molar-refractivity contribution >= 4 is 11.9 Å². The quantitative estimate of drug-likeness (QED) is 0.391. The molecule has 0 bridgehead atoms. The van der Waals surface area contributed by atoms with Crippen molar-refractivity contribution in [3.63, 3.8) is 0 Å². The van der Waals surface area contributed by atoms with Gasteiger partial charge in [0.15, 0.2) is 5.96 Å². The van der Waals surface area contributed by atoms with E-state index in [-0.39, 0.29) is 0 Å². The van der Waals surface area contributed by atoms with Crippen molar-refractivity contribution in [3.8, 4) is 0 Å². The van der Waals surface area contributed by atoms with Crippen LogP contribution in [0, 0.1) is 11.3 Å². The number of carbonyl (C=O) groups is 1. The molecule has 1 rings (SSSR count). The van der Waals surface area contributed by atoms with Crippen molar-refractivity contribution in [2.45, 2.75) is 25.3 Å². The summed E-state index contributed by atoms with van der Waals surface area (Å²) in [5.74, 6) is -0.126. The van der Waals surface area contributed by atoms with E-state index in [4.69, 9.17) is 16.2 Å². The maximum atomic E-state index is 10.6. The Labute approximate surface area is 95.3 Å². The molecule has 1 heterocycles. The van der Waals surface area contributed by atoms with E-state index in [1.165, 1.54) is 0 Å². The molecule has 0 spiro atoms. The fourth-order valence-corrected chi connectivity index (χ4v) is 2.01. The van der Waals surface area contributed by atoms with Crippen molar-refractivity contribution in [3.05, 3.63) is 0 Å². The van der Waals surface area contributed by atoms with Crippen LogP contribution in [0.4, 0.5) is 0 Å². The van der Waals surface area contributed by atoms with Crippen molar-refractivity contribution < 1.29 is 9.90 Å². The summed E-state index contributed by atoms with van der Waals surface area (Å²) in [7, 11) is 1.73. The lowest BCUT2D eigenvalue weighted by atomic mass is 9.90. The monoisotopic (exact) mass is 228 g/mol. The second-order valence-corrected chi connectivity index (χ2v) is 4.21. The van der Waals surface area contributed by atoms with E-state index in [0.29, 0.717) is 18.3 Å². The molecule has 1 aliphatic rings. The first kappa shape index (κ1) is 12.8. The molecule has 92 valence electrons. The Morgan fingerprint density at radius 3 is 2.62 bits per heavy atom. The molecule has 6 heteroatoms. The number of likely N-dealkylation sites (tertiary alicyclic amines) is 1. The smallest absolute Gasteiger partial charge is 0.320 e. The lowest BCUT2D eigenvalue weighted by Gasteiger charge is -2.33. The zero-order chi connectivity index (χ0) is 12.1. The molecule has 1 atom stereocenters. The Morgan fingerprint density at radius 2 is 2.19 bits per heavy atom. The molecule has 0 saturated carbocycles. The van der Waals surface area contributed by atoms with Gasteiger partial charge in [-0.2, -0.15) is 0 Å². The lowest BCUT2D eigenvalue weighted by molar-refractivity contribution is -0.139. The van der Waals surface area contributed by atoms with Crippen molar-refractivity contribution in [2.24, 2.45) is 11.7 Å². The number of carboxylic acids is 1. The van der Waals surface area contributed by atoms with Crippen LogP contribution in [-0.2, 0) is 4.79 Å². The predicted molar refractivity (Wildman–Crippen MR) is 61.3 cm³/mol. The number of nitrogens with two attached hydrogens (primary N) is 1. The van der Waals surface area contributed by atoms with Gasteiger partial charge in [-0.25, -0.2) is 0 Å². The largest absolute Gasteiger partial charge is 0.480 e. The highest BCUT2D eigenvalue weighted by molar-refractivity contribution is 5.76. The molecule has 5 N–H and O–H groups in total. The topological polar surface area (TPSA) is 102 Å². The van der Waals surface area contributed by atoms with Gasteiger partial charge in [0.05, 0.1) is 0 Å². The highest BCUT2D eigenvalue weighted by Gasteiger charge is 2.24. The molecule has 1 saturated heterocycles. The Balaban J connectivity index is 2.32. The number of carboxylic acid groups (broad SMARTS) is 1. The summed E-state index contributed by atoms with van der Waals surface area (Å²) >= 11 is 0. The van der Waals surface area contributed by atoms with Gasteiger partial charge >= 0.3 is 5.97 Å². The van der Waals surface area contributed by atoms with Gasteiger partial charge in [0.25, 0.3) is 0 Å². The molecule has 0 aromatic carbocycles. The van der Waals surface area contributed by atoms with Gasteiger partial charge in [0.2, 0.25) is 0 Å². The third kappa shape index (κ3) is 3.37. The number of piperidine rings is 1. The lowest BCUT2D eigenvalue weighted by Crippen LogP contribution is -2.44. The van der Waals surface area contributed by atoms with Crippen molar-refractivity contribution in [2.75, 3.05) is 20.1 Å². The van der Waals surface area contributed by atoms with E-state index in [0.717, 1.165) is 25.9 Å². The third-order valence-electron chi connectivity index (χ3n) is 3.07. The fraction of sp³-hybridized carbons (Fsp3) is 0.800. The standard InChI is InChI=1S/C10H20N4O2/c1-13-10(12)14-4-2-7(3-5-14)6-8(11)9(15)16/h7-8H,2-6,11H2,1H3,(H2,12,13)(H,15,16)/t8-/m0/s1. The van der Waals surface area contributed by atoms with Crippen molar-refractivity contribution in [1.29, 1.82) is 5.41 Å². The molecular weight excluding hydrogens is 208 g/mol. The fourth-order valence-electron chi connectivity index (χ4n) is 2.01. The molecule has 0 amide bonds. The van der Waals surface area contributed by atoms with Crippen LogP contribution >= 0.6 is 0 Å². The molecule has 16 heavy (non-hydrogen) atoms. The van der Waals surface area contributed by atoms with Gasteiger partial charge in [0, 0.05) is 20.1 Å². The molecule has 1 fully saturated rings. The summed E-state index contributed by atoms with van der Waals surface area (Å²) < 4.78 is 0. The minimum absolute atomic E-state index is 0.368. The molecule has 0 aliphatic carbocycles. The molecule has 0 aromatic heterocycles. The van der Waals surface area contributed by atoms with Crippen LogP contribution in [0.3, 0.4) is 0 Å². The molecule has 0 unspecified atom stereocenters. The summed E-state index contributed by atoms with van der Waals surface area (Å²) in [6, 6.07) is -0.750. The van der Waals surface area contributed by atoms with Crippen molar-refractivity contribution in [1.82, 2.24) is 10.2 Å². The zero-order valence-electron chi connectivity index (χ0n) is 9.57. The highest BCUT2D eigenvalue weighted by atomic mass is 16.4. The van der Waals surface area contributed by atoms with Gasteiger partial charge in [-0.3, -0.25) is 10.2 Å². The average Bonchev–Trinajstić information content (AvgIpc) is 2.28. The highest BCUT2D eigenvalue weighted by Crippen LogP contribution is 2.21. The summed E-state index contributed by atoms with van der Waals surface area (Å²) in [5.41, 5.74) is 5.50. The van der Waals surface area contributed by atoms with E-state index >= 15 is 0 Å². The molecular formula is C10H20N4O2. The summed E-state index contributed by atoms with van der Waals surface area (Å²) in [6.07, 6.45) is 2.35. The Hall–Kier alpha value is -1.30. The van der Waals surface area contributed by atoms with Crippen LogP contribution in [0.1, 0.15) is 19.3 Å². The Kier molecular flexibility index (Phi) is 4.54. The van der Waals surface area contributed by atoms with E-state index in [9.17, 15) is 4.79 Å². The Bertz CT molecular complexity index is 262. The second kappa shape index (κ2) is 5.69. The first-order valence-electron chi connectivity index (χ1n) is 5.54. The predicted octanol–water partition coefficient (Wildman–Crippen LogP) is -0.345. The number of nitrogens with one attached hydrogen (secondary N) is 2. The number of hydrogen-bond acceptors (Lipinski definition) is 3. The van der Waals surface area contributed by atoms with E-state index in [2.05, 4.69) is 5.32 Å². The van der Waals surface area contributed by atoms with Gasteiger partial charge in [-0.1, -0.05) is 0 Å². The van der Waals surface area contributed by atoms with Crippen LogP contribution in [-0.4, -0.2) is 48.1 Å². The van der Waals surface area contributed by atoms with Crippen LogP contribution < -0.4 is 11.1 Å². The number of hydrogen-bond donors (Lipinski definition) is 4. The van der Waals surface area contributed by atoms with Crippen LogP contribution in [0.25, 0.3) is 0 Å². The zero-order valence-corrected chi connectivity index (χ0v) is 9.57. The van der Waals surface area contributed by atoms with E-state index in [1.54, 1.807) is 7.05 Å². The summed E-state index contributed by atoms with van der Waals surface area (Å²) in [5, 5.41) is 19.1. The minimum Gasteiger partial charge on any atom is -0.480 e. The SMILES string of the molecule is CNC(=N)N1CCC(C[C@H](N)C(=O)O)CC1. The summed E-state index contributed by atoms with van der Waals surface area (Å²) in [4.78, 5) is 12.6. The van der Waals surface area contributed by atoms with Gasteiger partial charge in [-0.05, 0) is 25.2 Å². The number of guanidine groups is 1. The minimum atomic E-state index is -0.926. The average molecular weight is 228 g/mol. The van der Waals surface area contributed by atoms with Gasteiger partial charge < -0.3 is 21.1 Å². The normalized spacial score (nSPS) is 19.2.